The van der Waals surface area contributed by atoms with Crippen molar-refractivity contribution in [3.63, 3.8) is 0 Å². The number of likely N-dealkylation sites (tertiary alicyclic amines) is 1. The Bertz CT molecular complexity index is 1560. The van der Waals surface area contributed by atoms with Crippen molar-refractivity contribution in [2.24, 2.45) is 11.8 Å². The predicted molar refractivity (Wildman–Crippen MR) is 191 cm³/mol. The summed E-state index contributed by atoms with van der Waals surface area (Å²) in [5.41, 5.74) is 3.05. The Morgan fingerprint density at radius 1 is 1.02 bits per heavy atom. The van der Waals surface area contributed by atoms with Crippen molar-refractivity contribution in [2.45, 2.75) is 102 Å². The number of carbonyl (C=O) groups is 2. The van der Waals surface area contributed by atoms with E-state index in [1.807, 2.05) is 43.1 Å². The first-order valence-electron chi connectivity index (χ1n) is 18.1. The van der Waals surface area contributed by atoms with Gasteiger partial charge in [-0.15, -0.1) is 11.3 Å². The summed E-state index contributed by atoms with van der Waals surface area (Å²) in [6, 6.07) is 8.15. The molecule has 49 heavy (non-hydrogen) atoms. The highest BCUT2D eigenvalue weighted by Gasteiger charge is 2.32. The van der Waals surface area contributed by atoms with Gasteiger partial charge in [-0.1, -0.05) is 26.2 Å². The summed E-state index contributed by atoms with van der Waals surface area (Å²) in [5, 5.41) is 10.6. The molecule has 2 aliphatic carbocycles. The average molecular weight is 690 g/mol. The quantitative estimate of drug-likeness (QED) is 0.233. The van der Waals surface area contributed by atoms with Crippen molar-refractivity contribution < 1.29 is 24.2 Å². The minimum absolute atomic E-state index is 0.0515. The molecule has 2 saturated carbocycles. The molecule has 4 heterocycles. The molecule has 0 spiro atoms. The normalized spacial score (nSPS) is 21.3. The van der Waals surface area contributed by atoms with Crippen LogP contribution in [0, 0.1) is 18.8 Å². The van der Waals surface area contributed by atoms with Gasteiger partial charge in [0.1, 0.15) is 18.2 Å². The highest BCUT2D eigenvalue weighted by Crippen LogP contribution is 2.38. The molecule has 1 N–H and O–H groups in total. The lowest BCUT2D eigenvalue weighted by Crippen LogP contribution is -2.41. The van der Waals surface area contributed by atoms with E-state index in [4.69, 9.17) is 19.4 Å². The third-order valence-corrected chi connectivity index (χ3v) is 11.9. The Morgan fingerprint density at radius 3 is 2.49 bits per heavy atom. The van der Waals surface area contributed by atoms with Crippen LogP contribution in [0.2, 0.25) is 0 Å². The second-order valence-electron chi connectivity index (χ2n) is 14.2. The van der Waals surface area contributed by atoms with E-state index < -0.39 is 0 Å². The number of aromatic nitrogens is 3. The molecule has 10 nitrogen and oxygen atoms in total. The summed E-state index contributed by atoms with van der Waals surface area (Å²) in [6.07, 6.45) is 13.7. The van der Waals surface area contributed by atoms with Gasteiger partial charge in [-0.05, 0) is 94.0 Å². The molecule has 2 amide bonds. The molecule has 1 unspecified atom stereocenters. The van der Waals surface area contributed by atoms with E-state index in [1.165, 1.54) is 6.42 Å². The zero-order valence-corrected chi connectivity index (χ0v) is 30.0. The van der Waals surface area contributed by atoms with Crippen LogP contribution in [-0.4, -0.2) is 76.4 Å². The smallest absolute Gasteiger partial charge is 0.409 e. The summed E-state index contributed by atoms with van der Waals surface area (Å²) in [4.78, 5) is 45.6. The number of hydrogen-bond donors (Lipinski definition) is 1. The van der Waals surface area contributed by atoms with E-state index in [0.29, 0.717) is 50.1 Å². The zero-order chi connectivity index (χ0) is 34.3. The number of carbonyl (C=O) groups excluding carboxylic acids is 2. The molecule has 11 heteroatoms. The first-order valence-corrected chi connectivity index (χ1v) is 19.0. The molecule has 0 aromatic carbocycles. The maximum Gasteiger partial charge on any atom is 0.409 e. The van der Waals surface area contributed by atoms with Gasteiger partial charge in [0.15, 0.2) is 0 Å². The fraction of sp³-hybridized carbons (Fsp3) is 0.605. The Kier molecular flexibility index (Phi) is 11.8. The van der Waals surface area contributed by atoms with Crippen LogP contribution < -0.4 is 9.64 Å². The Balaban J connectivity index is 1.12. The molecule has 6 rings (SSSR count). The lowest BCUT2D eigenvalue weighted by Gasteiger charge is -2.34. The SMILES string of the molecule is COc1ccc(C2CCC(CN(C(=O)C3CCCCC3)c3cc(-c4cnc(C(C)COC(=O)N5CCC(O)CC5)s4)ccn3)CC2)nc1C. The van der Waals surface area contributed by atoms with E-state index >= 15 is 0 Å². The second-order valence-corrected chi connectivity index (χ2v) is 15.2. The van der Waals surface area contributed by atoms with Gasteiger partial charge in [0, 0.05) is 55.5 Å². The number of thiazole rings is 1. The number of piperidine rings is 1. The van der Waals surface area contributed by atoms with Crippen LogP contribution in [0.25, 0.3) is 10.4 Å². The lowest BCUT2D eigenvalue weighted by atomic mass is 9.79. The average Bonchev–Trinajstić information content (AvgIpc) is 3.64. The monoisotopic (exact) mass is 689 g/mol. The van der Waals surface area contributed by atoms with Gasteiger partial charge in [-0.25, -0.2) is 14.8 Å². The number of aryl methyl sites for hydroxylation is 1. The molecule has 3 aromatic heterocycles. The third kappa shape index (κ3) is 8.78. The van der Waals surface area contributed by atoms with Crippen LogP contribution in [0.5, 0.6) is 5.75 Å². The van der Waals surface area contributed by atoms with Crippen molar-refractivity contribution in [3.8, 4) is 16.2 Å². The van der Waals surface area contributed by atoms with Crippen molar-refractivity contribution in [1.82, 2.24) is 19.9 Å². The minimum atomic E-state index is -0.337. The number of methoxy groups -OCH3 is 1. The van der Waals surface area contributed by atoms with Crippen LogP contribution in [0.3, 0.4) is 0 Å². The highest BCUT2D eigenvalue weighted by molar-refractivity contribution is 7.15. The number of rotatable bonds is 10. The van der Waals surface area contributed by atoms with Crippen molar-refractivity contribution in [1.29, 1.82) is 0 Å². The molecule has 1 saturated heterocycles. The maximum atomic E-state index is 14.2. The fourth-order valence-corrected chi connectivity index (χ4v) is 8.50. The topological polar surface area (TPSA) is 118 Å². The van der Waals surface area contributed by atoms with Gasteiger partial charge in [0.2, 0.25) is 5.91 Å². The van der Waals surface area contributed by atoms with Gasteiger partial charge >= 0.3 is 6.09 Å². The number of anilines is 1. The van der Waals surface area contributed by atoms with Gasteiger partial charge in [0.05, 0.1) is 28.8 Å². The Morgan fingerprint density at radius 2 is 1.78 bits per heavy atom. The largest absolute Gasteiger partial charge is 0.495 e. The van der Waals surface area contributed by atoms with E-state index in [2.05, 4.69) is 11.1 Å². The second kappa shape index (κ2) is 16.4. The molecule has 264 valence electrons. The number of pyridine rings is 2. The van der Waals surface area contributed by atoms with Crippen LogP contribution in [0.1, 0.15) is 106 Å². The third-order valence-electron chi connectivity index (χ3n) is 10.6. The molecule has 0 bridgehead atoms. The van der Waals surface area contributed by atoms with Crippen molar-refractivity contribution in [3.05, 3.63) is 53.1 Å². The van der Waals surface area contributed by atoms with Crippen LogP contribution >= 0.6 is 11.3 Å². The van der Waals surface area contributed by atoms with Crippen molar-refractivity contribution >= 4 is 29.2 Å². The van der Waals surface area contributed by atoms with E-state index in [9.17, 15) is 14.7 Å². The number of aliphatic hydroxyl groups excluding tert-OH is 1. The van der Waals surface area contributed by atoms with E-state index in [-0.39, 0.29) is 36.5 Å². The summed E-state index contributed by atoms with van der Waals surface area (Å²) in [6.45, 7) is 5.97. The minimum Gasteiger partial charge on any atom is -0.495 e. The molecule has 3 aromatic rings. The fourth-order valence-electron chi connectivity index (χ4n) is 7.55. The van der Waals surface area contributed by atoms with Crippen LogP contribution in [-0.2, 0) is 9.53 Å². The first-order chi connectivity index (χ1) is 23.8. The summed E-state index contributed by atoms with van der Waals surface area (Å²) >= 11 is 1.58. The van der Waals surface area contributed by atoms with Gasteiger partial charge in [-0.3, -0.25) is 14.7 Å². The number of ether oxygens (including phenoxy) is 2. The molecule has 1 atom stereocenters. The van der Waals surface area contributed by atoms with Gasteiger partial charge < -0.3 is 19.5 Å². The standard InChI is InChI=1S/C38H51N5O5S/c1-25(24-48-38(46)42-19-16-31(44)17-20-42)36-40-22-34(49-36)30-15-18-39-35(21-30)43(37(45)29-7-5-4-6-8-29)23-27-9-11-28(12-10-27)32-13-14-33(47-3)26(2)41-32/h13-15,18,21-22,25,27-29,31,44H,4-12,16-17,19-20,23-24H2,1-3H3. The molecular formula is C38H51N5O5S. The van der Waals surface area contributed by atoms with Crippen LogP contribution in [0.4, 0.5) is 10.6 Å². The summed E-state index contributed by atoms with van der Waals surface area (Å²) < 4.78 is 11.0. The first kappa shape index (κ1) is 35.3. The Hall–Kier alpha value is -3.57. The lowest BCUT2D eigenvalue weighted by molar-refractivity contribution is -0.123. The number of nitrogens with zero attached hydrogens (tertiary/aromatic N) is 5. The number of aliphatic hydroxyl groups is 1. The Labute approximate surface area is 294 Å². The summed E-state index contributed by atoms with van der Waals surface area (Å²) in [5.74, 6) is 2.57. The predicted octanol–water partition coefficient (Wildman–Crippen LogP) is 7.50. The maximum absolute atomic E-state index is 14.2. The zero-order valence-electron chi connectivity index (χ0n) is 29.2. The number of amides is 2. The van der Waals surface area contributed by atoms with Gasteiger partial charge in [-0.2, -0.15) is 0 Å². The van der Waals surface area contributed by atoms with Crippen LogP contribution in [0.15, 0.2) is 36.7 Å². The highest BCUT2D eigenvalue weighted by atomic mass is 32.1. The number of hydrogen-bond acceptors (Lipinski definition) is 9. The van der Waals surface area contributed by atoms with E-state index in [0.717, 1.165) is 84.0 Å². The molecule has 3 aliphatic rings. The molecule has 0 radical (unpaired) electrons. The summed E-state index contributed by atoms with van der Waals surface area (Å²) in [7, 11) is 1.68. The van der Waals surface area contributed by atoms with Gasteiger partial charge in [0.25, 0.3) is 0 Å². The molecule has 1 aliphatic heterocycles. The molecular weight excluding hydrogens is 639 g/mol. The van der Waals surface area contributed by atoms with Crippen molar-refractivity contribution in [2.75, 3.05) is 38.3 Å². The van der Waals surface area contributed by atoms with E-state index in [1.54, 1.807) is 29.5 Å². The molecule has 3 fully saturated rings.